The standard InChI is InChI=1S/C24H29N3O5/c1-5-13-29-20-12-9-18(15-21(20)30-14-6-2)22-23(27-32-26-22)25-24(28)17-7-10-19(11-8-17)31-16(3)4/h7-12,15-16H,5-6,13-14H2,1-4H3,(H,25,27,28). The summed E-state index contributed by atoms with van der Waals surface area (Å²) < 4.78 is 22.1. The van der Waals surface area contributed by atoms with Crippen LogP contribution in [0, 0.1) is 0 Å². The van der Waals surface area contributed by atoms with Crippen LogP contribution in [-0.2, 0) is 0 Å². The predicted octanol–water partition coefficient (Wildman–Crippen LogP) is 5.35. The molecule has 0 unspecified atom stereocenters. The molecule has 8 nitrogen and oxygen atoms in total. The number of anilines is 1. The maximum Gasteiger partial charge on any atom is 0.256 e. The third kappa shape index (κ3) is 6.00. The number of hydrogen-bond donors (Lipinski definition) is 1. The molecule has 1 aromatic heterocycles. The lowest BCUT2D eigenvalue weighted by Gasteiger charge is -2.13. The minimum absolute atomic E-state index is 0.0587. The van der Waals surface area contributed by atoms with Crippen molar-refractivity contribution in [1.82, 2.24) is 10.3 Å². The van der Waals surface area contributed by atoms with Gasteiger partial charge in [-0.2, -0.15) is 0 Å². The number of carbonyl (C=O) groups is 1. The van der Waals surface area contributed by atoms with E-state index in [0.717, 1.165) is 12.8 Å². The first kappa shape index (κ1) is 23.1. The Morgan fingerprint density at radius 2 is 1.66 bits per heavy atom. The number of nitrogens with one attached hydrogen (secondary N) is 1. The van der Waals surface area contributed by atoms with Gasteiger partial charge in [-0.3, -0.25) is 4.79 Å². The number of carbonyl (C=O) groups excluding carboxylic acids is 1. The van der Waals surface area contributed by atoms with Crippen molar-refractivity contribution in [3.05, 3.63) is 48.0 Å². The van der Waals surface area contributed by atoms with E-state index in [-0.39, 0.29) is 17.8 Å². The van der Waals surface area contributed by atoms with Crippen LogP contribution in [0.25, 0.3) is 11.3 Å². The summed E-state index contributed by atoms with van der Waals surface area (Å²) in [5, 5.41) is 10.6. The average molecular weight is 440 g/mol. The van der Waals surface area contributed by atoms with Gasteiger partial charge < -0.3 is 19.5 Å². The first-order chi connectivity index (χ1) is 15.5. The summed E-state index contributed by atoms with van der Waals surface area (Å²) in [6, 6.07) is 12.4. The zero-order chi connectivity index (χ0) is 22.9. The number of amides is 1. The number of aromatic nitrogens is 2. The Balaban J connectivity index is 1.79. The summed E-state index contributed by atoms with van der Waals surface area (Å²) in [6.45, 7) is 9.12. The SMILES string of the molecule is CCCOc1ccc(-c2nonc2NC(=O)c2ccc(OC(C)C)cc2)cc1OCCC. The van der Waals surface area contributed by atoms with E-state index >= 15 is 0 Å². The van der Waals surface area contributed by atoms with Crippen molar-refractivity contribution in [3.63, 3.8) is 0 Å². The highest BCUT2D eigenvalue weighted by Gasteiger charge is 2.18. The van der Waals surface area contributed by atoms with E-state index in [0.29, 0.717) is 47.3 Å². The second-order valence-electron chi connectivity index (χ2n) is 7.46. The molecule has 0 aliphatic rings. The van der Waals surface area contributed by atoms with Crippen molar-refractivity contribution in [2.45, 2.75) is 46.6 Å². The first-order valence-electron chi connectivity index (χ1n) is 10.8. The van der Waals surface area contributed by atoms with Gasteiger partial charge in [-0.05, 0) is 79.5 Å². The van der Waals surface area contributed by atoms with Crippen LogP contribution in [0.1, 0.15) is 50.9 Å². The van der Waals surface area contributed by atoms with Crippen molar-refractivity contribution in [1.29, 1.82) is 0 Å². The summed E-state index contributed by atoms with van der Waals surface area (Å²) in [7, 11) is 0. The fraction of sp³-hybridized carbons (Fsp3) is 0.375. The molecule has 0 fully saturated rings. The zero-order valence-electron chi connectivity index (χ0n) is 18.9. The molecule has 0 aliphatic heterocycles. The second-order valence-corrected chi connectivity index (χ2v) is 7.46. The number of rotatable bonds is 11. The van der Waals surface area contributed by atoms with Crippen molar-refractivity contribution in [2.24, 2.45) is 0 Å². The molecule has 170 valence electrons. The van der Waals surface area contributed by atoms with E-state index in [1.54, 1.807) is 24.3 Å². The molecule has 32 heavy (non-hydrogen) atoms. The van der Waals surface area contributed by atoms with Gasteiger partial charge in [0.05, 0.1) is 19.3 Å². The third-order valence-electron chi connectivity index (χ3n) is 4.35. The average Bonchev–Trinajstić information content (AvgIpc) is 3.24. The Hall–Kier alpha value is -3.55. The Labute approximate surface area is 187 Å². The van der Waals surface area contributed by atoms with Crippen LogP contribution in [0.5, 0.6) is 17.2 Å². The van der Waals surface area contributed by atoms with Crippen LogP contribution in [0.3, 0.4) is 0 Å². The summed E-state index contributed by atoms with van der Waals surface area (Å²) >= 11 is 0. The highest BCUT2D eigenvalue weighted by Crippen LogP contribution is 2.34. The lowest BCUT2D eigenvalue weighted by molar-refractivity contribution is 0.102. The Bertz CT molecular complexity index is 1010. The molecule has 1 N–H and O–H groups in total. The van der Waals surface area contributed by atoms with E-state index < -0.39 is 0 Å². The minimum Gasteiger partial charge on any atom is -0.491 e. The van der Waals surface area contributed by atoms with Crippen molar-refractivity contribution < 1.29 is 23.6 Å². The van der Waals surface area contributed by atoms with Gasteiger partial charge in [0.15, 0.2) is 17.2 Å². The van der Waals surface area contributed by atoms with Gasteiger partial charge in [-0.1, -0.05) is 13.8 Å². The molecule has 0 aliphatic carbocycles. The molecule has 0 atom stereocenters. The number of benzene rings is 2. The number of ether oxygens (including phenoxy) is 3. The van der Waals surface area contributed by atoms with Crippen LogP contribution in [0.4, 0.5) is 5.82 Å². The molecule has 0 saturated carbocycles. The normalized spacial score (nSPS) is 10.8. The van der Waals surface area contributed by atoms with Gasteiger partial charge >= 0.3 is 0 Å². The zero-order valence-corrected chi connectivity index (χ0v) is 18.9. The van der Waals surface area contributed by atoms with Gasteiger partial charge in [0.25, 0.3) is 5.91 Å². The molecule has 0 radical (unpaired) electrons. The molecule has 0 saturated heterocycles. The molecule has 1 heterocycles. The number of nitrogens with zero attached hydrogens (tertiary/aromatic N) is 2. The molecule has 3 rings (SSSR count). The Morgan fingerprint density at radius 3 is 2.31 bits per heavy atom. The Kier molecular flexibility index (Phi) is 8.08. The van der Waals surface area contributed by atoms with Crippen LogP contribution in [-0.4, -0.2) is 35.5 Å². The van der Waals surface area contributed by atoms with Crippen LogP contribution >= 0.6 is 0 Å². The first-order valence-corrected chi connectivity index (χ1v) is 10.8. The van der Waals surface area contributed by atoms with Crippen LogP contribution in [0.2, 0.25) is 0 Å². The maximum atomic E-state index is 12.7. The molecule has 3 aromatic rings. The molecule has 8 heteroatoms. The molecule has 0 spiro atoms. The van der Waals surface area contributed by atoms with Gasteiger partial charge in [0.2, 0.25) is 5.82 Å². The summed E-state index contributed by atoms with van der Waals surface area (Å²) in [5.41, 5.74) is 1.56. The molecule has 1 amide bonds. The van der Waals surface area contributed by atoms with E-state index in [4.69, 9.17) is 18.8 Å². The summed E-state index contributed by atoms with van der Waals surface area (Å²) in [4.78, 5) is 12.7. The monoisotopic (exact) mass is 439 g/mol. The predicted molar refractivity (Wildman–Crippen MR) is 121 cm³/mol. The smallest absolute Gasteiger partial charge is 0.256 e. The lowest BCUT2D eigenvalue weighted by Crippen LogP contribution is -2.13. The Morgan fingerprint density at radius 1 is 0.969 bits per heavy atom. The van der Waals surface area contributed by atoms with Crippen molar-refractivity contribution in [3.8, 4) is 28.5 Å². The minimum atomic E-state index is -0.330. The second kappa shape index (κ2) is 11.2. The van der Waals surface area contributed by atoms with Gasteiger partial charge in [0.1, 0.15) is 5.75 Å². The van der Waals surface area contributed by atoms with Gasteiger partial charge in [-0.15, -0.1) is 0 Å². The molecule has 0 bridgehead atoms. The van der Waals surface area contributed by atoms with E-state index in [1.807, 2.05) is 45.9 Å². The lowest BCUT2D eigenvalue weighted by atomic mass is 10.1. The van der Waals surface area contributed by atoms with Gasteiger partial charge in [-0.25, -0.2) is 4.63 Å². The fourth-order valence-corrected chi connectivity index (χ4v) is 2.91. The van der Waals surface area contributed by atoms with E-state index in [2.05, 4.69) is 15.6 Å². The van der Waals surface area contributed by atoms with Crippen LogP contribution in [0.15, 0.2) is 47.1 Å². The number of hydrogen-bond acceptors (Lipinski definition) is 7. The summed E-state index contributed by atoms with van der Waals surface area (Å²) in [6.07, 6.45) is 1.82. The van der Waals surface area contributed by atoms with Crippen molar-refractivity contribution >= 4 is 11.7 Å². The van der Waals surface area contributed by atoms with Crippen LogP contribution < -0.4 is 19.5 Å². The summed E-state index contributed by atoms with van der Waals surface area (Å²) in [5.74, 6) is 1.86. The molecular weight excluding hydrogens is 410 g/mol. The highest BCUT2D eigenvalue weighted by molar-refractivity contribution is 6.05. The topological polar surface area (TPSA) is 95.7 Å². The van der Waals surface area contributed by atoms with Crippen molar-refractivity contribution in [2.75, 3.05) is 18.5 Å². The van der Waals surface area contributed by atoms with E-state index in [1.165, 1.54) is 0 Å². The largest absolute Gasteiger partial charge is 0.491 e. The quantitative estimate of drug-likeness (QED) is 0.430. The maximum absolute atomic E-state index is 12.7. The van der Waals surface area contributed by atoms with E-state index in [9.17, 15) is 4.79 Å². The highest BCUT2D eigenvalue weighted by atomic mass is 16.6. The fourth-order valence-electron chi connectivity index (χ4n) is 2.91. The third-order valence-corrected chi connectivity index (χ3v) is 4.35. The molecular formula is C24H29N3O5. The molecule has 2 aromatic carbocycles. The van der Waals surface area contributed by atoms with Gasteiger partial charge in [0, 0.05) is 11.1 Å².